The average molecular weight is 388 g/mol. The number of nitriles is 1. The van der Waals surface area contributed by atoms with Crippen LogP contribution in [0.5, 0.6) is 0 Å². The molecule has 0 aromatic heterocycles. The van der Waals surface area contributed by atoms with Crippen molar-refractivity contribution in [3.63, 3.8) is 0 Å². The van der Waals surface area contributed by atoms with Crippen LogP contribution in [0, 0.1) is 11.3 Å². The summed E-state index contributed by atoms with van der Waals surface area (Å²) in [6.45, 7) is 5.99. The Bertz CT molecular complexity index is 850. The first-order valence-electron chi connectivity index (χ1n) is 8.21. The van der Waals surface area contributed by atoms with Crippen LogP contribution in [-0.2, 0) is 4.79 Å². The van der Waals surface area contributed by atoms with E-state index in [2.05, 4.69) is 24.1 Å². The maximum atomic E-state index is 12.4. The highest BCUT2D eigenvalue weighted by Gasteiger charge is 2.11. The molecule has 2 rings (SSSR count). The molecule has 0 aliphatic rings. The summed E-state index contributed by atoms with van der Waals surface area (Å²) in [5.41, 5.74) is 2.22. The summed E-state index contributed by atoms with van der Waals surface area (Å²) in [6, 6.07) is 14.3. The van der Waals surface area contributed by atoms with Crippen molar-refractivity contribution in [2.75, 3.05) is 23.3 Å². The van der Waals surface area contributed by atoms with Crippen LogP contribution in [0.4, 0.5) is 11.4 Å². The molecular weight excluding hydrogens is 369 g/mol. The summed E-state index contributed by atoms with van der Waals surface area (Å²) in [7, 11) is 0. The quantitative estimate of drug-likeness (QED) is 0.534. The Balaban J connectivity index is 2.16. The average Bonchev–Trinajstić information content (AvgIpc) is 2.63. The van der Waals surface area contributed by atoms with Crippen molar-refractivity contribution in [3.8, 4) is 6.07 Å². The zero-order chi connectivity index (χ0) is 19.1. The topological polar surface area (TPSA) is 56.1 Å². The lowest BCUT2D eigenvalue weighted by Gasteiger charge is -2.21. The second-order valence-corrected chi connectivity index (χ2v) is 6.35. The van der Waals surface area contributed by atoms with Gasteiger partial charge in [-0.1, -0.05) is 29.3 Å². The molecule has 0 unspecified atom stereocenters. The van der Waals surface area contributed by atoms with Gasteiger partial charge in [-0.15, -0.1) is 0 Å². The molecule has 2 aromatic carbocycles. The molecule has 134 valence electrons. The third-order valence-corrected chi connectivity index (χ3v) is 4.44. The van der Waals surface area contributed by atoms with Crippen LogP contribution in [0.3, 0.4) is 0 Å². The van der Waals surface area contributed by atoms with Crippen molar-refractivity contribution in [1.82, 2.24) is 0 Å². The Morgan fingerprint density at radius 1 is 1.15 bits per heavy atom. The van der Waals surface area contributed by atoms with E-state index in [-0.39, 0.29) is 5.57 Å². The number of carbonyl (C=O) groups is 1. The number of halogens is 2. The number of amides is 1. The van der Waals surface area contributed by atoms with Crippen molar-refractivity contribution in [1.29, 1.82) is 5.26 Å². The first kappa shape index (κ1) is 19.8. The highest BCUT2D eigenvalue weighted by atomic mass is 35.5. The molecule has 1 N–H and O–H groups in total. The zero-order valence-electron chi connectivity index (χ0n) is 14.6. The van der Waals surface area contributed by atoms with Crippen molar-refractivity contribution in [2.45, 2.75) is 13.8 Å². The van der Waals surface area contributed by atoms with Gasteiger partial charge in [0.2, 0.25) is 0 Å². The molecule has 0 saturated heterocycles. The van der Waals surface area contributed by atoms with Gasteiger partial charge in [-0.05, 0) is 61.9 Å². The zero-order valence-corrected chi connectivity index (χ0v) is 16.1. The van der Waals surface area contributed by atoms with Crippen molar-refractivity contribution in [3.05, 3.63) is 63.6 Å². The van der Waals surface area contributed by atoms with Crippen LogP contribution in [0.2, 0.25) is 10.0 Å². The predicted molar refractivity (Wildman–Crippen MR) is 109 cm³/mol. The van der Waals surface area contributed by atoms with Crippen LogP contribution in [0.25, 0.3) is 6.08 Å². The molecule has 26 heavy (non-hydrogen) atoms. The first-order valence-corrected chi connectivity index (χ1v) is 8.97. The summed E-state index contributed by atoms with van der Waals surface area (Å²) in [5, 5.41) is 12.9. The lowest BCUT2D eigenvalue weighted by atomic mass is 10.1. The van der Waals surface area contributed by atoms with E-state index in [1.807, 2.05) is 30.3 Å². The van der Waals surface area contributed by atoms with E-state index in [0.717, 1.165) is 18.8 Å². The number of rotatable bonds is 6. The minimum absolute atomic E-state index is 0.0398. The van der Waals surface area contributed by atoms with Gasteiger partial charge in [0.25, 0.3) is 5.91 Å². The largest absolute Gasteiger partial charge is 0.372 e. The fourth-order valence-electron chi connectivity index (χ4n) is 2.47. The Hall–Kier alpha value is -2.48. The molecule has 0 radical (unpaired) electrons. The van der Waals surface area contributed by atoms with Crippen molar-refractivity contribution >= 4 is 46.6 Å². The first-order chi connectivity index (χ1) is 12.5. The summed E-state index contributed by atoms with van der Waals surface area (Å²) in [4.78, 5) is 14.6. The Kier molecular flexibility index (Phi) is 7.08. The van der Waals surface area contributed by atoms with Gasteiger partial charge >= 0.3 is 0 Å². The van der Waals surface area contributed by atoms with E-state index in [0.29, 0.717) is 21.3 Å². The van der Waals surface area contributed by atoms with Crippen LogP contribution in [0.15, 0.2) is 48.0 Å². The molecule has 0 heterocycles. The second-order valence-electron chi connectivity index (χ2n) is 5.51. The standard InChI is InChI=1S/C20H19Cl2N3O/c1-3-25(4-2)18-9-7-17(8-10-18)24-20(26)15(13-23)11-14-5-6-16(21)12-19(14)22/h5-12H,3-4H2,1-2H3,(H,24,26)/b15-11-. The fourth-order valence-corrected chi connectivity index (χ4v) is 2.93. The highest BCUT2D eigenvalue weighted by molar-refractivity contribution is 6.35. The SMILES string of the molecule is CCN(CC)c1ccc(NC(=O)/C(C#N)=C\c2ccc(Cl)cc2Cl)cc1. The third kappa shape index (κ3) is 5.01. The van der Waals surface area contributed by atoms with Crippen molar-refractivity contribution in [2.24, 2.45) is 0 Å². The van der Waals surface area contributed by atoms with Gasteiger partial charge in [0, 0.05) is 34.5 Å². The highest BCUT2D eigenvalue weighted by Crippen LogP contribution is 2.24. The number of hydrogen-bond donors (Lipinski definition) is 1. The van der Waals surface area contributed by atoms with E-state index >= 15 is 0 Å². The molecule has 0 spiro atoms. The minimum atomic E-state index is -0.492. The number of benzene rings is 2. The smallest absolute Gasteiger partial charge is 0.266 e. The van der Waals surface area contributed by atoms with Gasteiger partial charge in [-0.3, -0.25) is 4.79 Å². The molecule has 6 heteroatoms. The lowest BCUT2D eigenvalue weighted by molar-refractivity contribution is -0.112. The van der Waals surface area contributed by atoms with Gasteiger partial charge in [-0.25, -0.2) is 0 Å². The van der Waals surface area contributed by atoms with E-state index in [1.165, 1.54) is 6.08 Å². The number of carbonyl (C=O) groups excluding carboxylic acids is 1. The Morgan fingerprint density at radius 2 is 1.81 bits per heavy atom. The summed E-state index contributed by atoms with van der Waals surface area (Å²) in [5.74, 6) is -0.492. The molecule has 0 atom stereocenters. The van der Waals surface area contributed by atoms with Crippen LogP contribution >= 0.6 is 23.2 Å². The van der Waals surface area contributed by atoms with E-state index in [1.54, 1.807) is 18.2 Å². The molecule has 0 aliphatic heterocycles. The Morgan fingerprint density at radius 3 is 2.35 bits per heavy atom. The molecule has 1 amide bonds. The van der Waals surface area contributed by atoms with E-state index in [9.17, 15) is 10.1 Å². The van der Waals surface area contributed by atoms with Crippen molar-refractivity contribution < 1.29 is 4.79 Å². The van der Waals surface area contributed by atoms with Gasteiger partial charge in [0.1, 0.15) is 11.6 Å². The molecule has 2 aromatic rings. The number of hydrogen-bond acceptors (Lipinski definition) is 3. The second kappa shape index (κ2) is 9.28. The molecule has 4 nitrogen and oxygen atoms in total. The molecular formula is C20H19Cl2N3O. The Labute approximate surface area is 163 Å². The number of nitrogens with one attached hydrogen (secondary N) is 1. The molecule has 0 aliphatic carbocycles. The normalized spacial score (nSPS) is 11.0. The predicted octanol–water partition coefficient (Wildman–Crippen LogP) is 5.39. The number of nitrogens with zero attached hydrogens (tertiary/aromatic N) is 2. The van der Waals surface area contributed by atoms with Crippen LogP contribution < -0.4 is 10.2 Å². The monoisotopic (exact) mass is 387 g/mol. The maximum Gasteiger partial charge on any atom is 0.266 e. The maximum absolute atomic E-state index is 12.4. The van der Waals surface area contributed by atoms with Crippen LogP contribution in [0.1, 0.15) is 19.4 Å². The number of anilines is 2. The molecule has 0 saturated carbocycles. The van der Waals surface area contributed by atoms with Gasteiger partial charge < -0.3 is 10.2 Å². The summed E-state index contributed by atoms with van der Waals surface area (Å²) < 4.78 is 0. The van der Waals surface area contributed by atoms with E-state index in [4.69, 9.17) is 23.2 Å². The lowest BCUT2D eigenvalue weighted by Crippen LogP contribution is -2.21. The van der Waals surface area contributed by atoms with Crippen LogP contribution in [-0.4, -0.2) is 19.0 Å². The molecule has 0 bridgehead atoms. The summed E-state index contributed by atoms with van der Waals surface area (Å²) in [6.07, 6.45) is 1.44. The minimum Gasteiger partial charge on any atom is -0.372 e. The molecule has 0 fully saturated rings. The van der Waals surface area contributed by atoms with Gasteiger partial charge in [0.15, 0.2) is 0 Å². The fraction of sp³-hybridized carbons (Fsp3) is 0.200. The third-order valence-electron chi connectivity index (χ3n) is 3.88. The summed E-state index contributed by atoms with van der Waals surface area (Å²) >= 11 is 12.0. The van der Waals surface area contributed by atoms with E-state index < -0.39 is 5.91 Å². The van der Waals surface area contributed by atoms with Gasteiger partial charge in [0.05, 0.1) is 0 Å². The van der Waals surface area contributed by atoms with Gasteiger partial charge in [-0.2, -0.15) is 5.26 Å².